The van der Waals surface area contributed by atoms with Gasteiger partial charge in [-0.2, -0.15) is 0 Å². The summed E-state index contributed by atoms with van der Waals surface area (Å²) >= 11 is 0. The van der Waals surface area contributed by atoms with Gasteiger partial charge >= 0.3 is 11.9 Å². The Balaban J connectivity index is 3.26. The molecule has 0 saturated carbocycles. The van der Waals surface area contributed by atoms with E-state index in [0.717, 1.165) is 0 Å². The molecule has 0 heterocycles. The lowest BCUT2D eigenvalue weighted by Crippen LogP contribution is -2.48. The maximum atomic E-state index is 12.8. The first-order valence-corrected chi connectivity index (χ1v) is 9.63. The van der Waals surface area contributed by atoms with Crippen molar-refractivity contribution in [2.45, 2.75) is 40.7 Å². The van der Waals surface area contributed by atoms with Crippen molar-refractivity contribution in [2.24, 2.45) is 0 Å². The zero-order valence-corrected chi connectivity index (χ0v) is 17.5. The molecule has 1 amide bonds. The lowest BCUT2D eigenvalue weighted by atomic mass is 10.1. The molecule has 162 valence electrons. The number of ether oxygens (including phenoxy) is 5. The first kappa shape index (κ1) is 24.1. The minimum atomic E-state index is -1.58. The average molecular weight is 411 g/mol. The maximum Gasteiger partial charge on any atom is 0.340 e. The highest BCUT2D eigenvalue weighted by molar-refractivity contribution is 6.06. The number of rotatable bonds is 12. The van der Waals surface area contributed by atoms with E-state index in [0.29, 0.717) is 37.1 Å². The fraction of sp³-hybridized carbons (Fsp3) is 0.550. The molecule has 1 N–H and O–H groups in total. The van der Waals surface area contributed by atoms with E-state index in [1.807, 2.05) is 6.92 Å². The van der Waals surface area contributed by atoms with Gasteiger partial charge in [0.05, 0.1) is 33.0 Å². The minimum Gasteiger partial charge on any atom is -0.490 e. The molecule has 29 heavy (non-hydrogen) atoms. The van der Waals surface area contributed by atoms with Crippen molar-refractivity contribution in [3.05, 3.63) is 17.7 Å². The maximum absolute atomic E-state index is 12.8. The third-order valence-electron chi connectivity index (χ3n) is 3.49. The molecule has 1 rings (SSSR count). The molecule has 0 aliphatic rings. The molecular formula is C20H29NO8. The van der Waals surface area contributed by atoms with Crippen LogP contribution in [0.2, 0.25) is 0 Å². The van der Waals surface area contributed by atoms with E-state index in [4.69, 9.17) is 23.7 Å². The average Bonchev–Trinajstić information content (AvgIpc) is 2.68. The molecule has 0 aromatic heterocycles. The standard InChI is InChI=1S/C20H29NO8/c1-6-25-14-11-13(12-15(26-7-2)17(14)27-8-3)18(22)21-16(19(23)28-9-4)20(24)29-10-5/h11-12,16H,6-10H2,1-5H3,(H,21,22). The molecule has 0 unspecified atom stereocenters. The highest BCUT2D eigenvalue weighted by atomic mass is 16.6. The highest BCUT2D eigenvalue weighted by Gasteiger charge is 2.32. The van der Waals surface area contributed by atoms with E-state index in [1.54, 1.807) is 27.7 Å². The number of hydrogen-bond acceptors (Lipinski definition) is 8. The van der Waals surface area contributed by atoms with Crippen molar-refractivity contribution < 1.29 is 38.1 Å². The van der Waals surface area contributed by atoms with Gasteiger partial charge in [-0.05, 0) is 46.8 Å². The Morgan fingerprint density at radius 2 is 1.21 bits per heavy atom. The number of esters is 2. The van der Waals surface area contributed by atoms with Crippen LogP contribution >= 0.6 is 0 Å². The first-order valence-electron chi connectivity index (χ1n) is 9.63. The summed E-state index contributed by atoms with van der Waals surface area (Å²) in [7, 11) is 0. The van der Waals surface area contributed by atoms with Crippen molar-refractivity contribution >= 4 is 17.8 Å². The number of amides is 1. The predicted molar refractivity (Wildman–Crippen MR) is 104 cm³/mol. The van der Waals surface area contributed by atoms with Gasteiger partial charge in [-0.25, -0.2) is 9.59 Å². The third kappa shape index (κ3) is 6.85. The van der Waals surface area contributed by atoms with Gasteiger partial charge in [0.1, 0.15) is 0 Å². The fourth-order valence-corrected chi connectivity index (χ4v) is 2.40. The number of hydrogen-bond donors (Lipinski definition) is 1. The van der Waals surface area contributed by atoms with Gasteiger partial charge in [-0.3, -0.25) is 4.79 Å². The van der Waals surface area contributed by atoms with Crippen molar-refractivity contribution in [3.63, 3.8) is 0 Å². The van der Waals surface area contributed by atoms with Crippen molar-refractivity contribution in [1.82, 2.24) is 5.32 Å². The molecule has 0 saturated heterocycles. The molecule has 0 radical (unpaired) electrons. The van der Waals surface area contributed by atoms with E-state index in [-0.39, 0.29) is 18.8 Å². The van der Waals surface area contributed by atoms with Crippen LogP contribution in [0.3, 0.4) is 0 Å². The fourth-order valence-electron chi connectivity index (χ4n) is 2.40. The topological polar surface area (TPSA) is 109 Å². The molecule has 0 atom stereocenters. The number of nitrogens with one attached hydrogen (secondary N) is 1. The van der Waals surface area contributed by atoms with Crippen LogP contribution in [0.5, 0.6) is 17.2 Å². The second kappa shape index (κ2) is 12.5. The normalized spacial score (nSPS) is 10.3. The number of carbonyl (C=O) groups excluding carboxylic acids is 3. The van der Waals surface area contributed by atoms with Gasteiger partial charge in [0.15, 0.2) is 11.5 Å². The van der Waals surface area contributed by atoms with Crippen LogP contribution in [0.1, 0.15) is 45.0 Å². The molecule has 9 nitrogen and oxygen atoms in total. The SMILES string of the molecule is CCOC(=O)C(NC(=O)c1cc(OCC)c(OCC)c(OCC)c1)C(=O)OCC. The second-order valence-corrected chi connectivity index (χ2v) is 5.51. The van der Waals surface area contributed by atoms with Crippen LogP contribution in [0.15, 0.2) is 12.1 Å². The Hall–Kier alpha value is -2.97. The van der Waals surface area contributed by atoms with E-state index in [9.17, 15) is 14.4 Å². The Kier molecular flexibility index (Phi) is 10.4. The molecule has 9 heteroatoms. The molecule has 0 fully saturated rings. The molecule has 0 spiro atoms. The zero-order valence-electron chi connectivity index (χ0n) is 17.5. The minimum absolute atomic E-state index is 0.0522. The first-order chi connectivity index (χ1) is 13.9. The van der Waals surface area contributed by atoms with Crippen molar-refractivity contribution in [3.8, 4) is 17.2 Å². The van der Waals surface area contributed by atoms with Crippen LogP contribution in [0.4, 0.5) is 0 Å². The summed E-state index contributed by atoms with van der Waals surface area (Å²) in [5, 5.41) is 2.35. The Morgan fingerprint density at radius 1 is 0.759 bits per heavy atom. The summed E-state index contributed by atoms with van der Waals surface area (Å²) in [5.41, 5.74) is 0.124. The molecule has 0 bridgehead atoms. The van der Waals surface area contributed by atoms with Gasteiger partial charge < -0.3 is 29.0 Å². The van der Waals surface area contributed by atoms with E-state index in [2.05, 4.69) is 5.32 Å². The molecule has 0 aliphatic heterocycles. The van der Waals surface area contributed by atoms with Crippen molar-refractivity contribution in [1.29, 1.82) is 0 Å². The lowest BCUT2D eigenvalue weighted by molar-refractivity contribution is -0.157. The van der Waals surface area contributed by atoms with E-state index >= 15 is 0 Å². The van der Waals surface area contributed by atoms with Gasteiger partial charge in [-0.1, -0.05) is 0 Å². The third-order valence-corrected chi connectivity index (χ3v) is 3.49. The number of benzene rings is 1. The Morgan fingerprint density at radius 3 is 1.59 bits per heavy atom. The summed E-state index contributed by atoms with van der Waals surface area (Å²) in [6, 6.07) is 1.33. The predicted octanol–water partition coefficient (Wildman–Crippen LogP) is 2.11. The summed E-state index contributed by atoms with van der Waals surface area (Å²) in [4.78, 5) is 37.0. The van der Waals surface area contributed by atoms with E-state index in [1.165, 1.54) is 12.1 Å². The van der Waals surface area contributed by atoms with Crippen LogP contribution in [0, 0.1) is 0 Å². The van der Waals surface area contributed by atoms with Gasteiger partial charge in [0.25, 0.3) is 5.91 Å². The second-order valence-electron chi connectivity index (χ2n) is 5.51. The van der Waals surface area contributed by atoms with Gasteiger partial charge in [0.2, 0.25) is 11.8 Å². The largest absolute Gasteiger partial charge is 0.490 e. The zero-order chi connectivity index (χ0) is 21.8. The molecule has 1 aromatic carbocycles. The monoisotopic (exact) mass is 411 g/mol. The molecule has 1 aromatic rings. The quantitative estimate of drug-likeness (QED) is 0.411. The Labute approximate surface area is 170 Å². The smallest absolute Gasteiger partial charge is 0.340 e. The summed E-state index contributed by atoms with van der Waals surface area (Å²) in [6.07, 6.45) is 0. The van der Waals surface area contributed by atoms with Crippen LogP contribution < -0.4 is 19.5 Å². The van der Waals surface area contributed by atoms with Crippen LogP contribution in [-0.2, 0) is 19.1 Å². The van der Waals surface area contributed by atoms with Crippen molar-refractivity contribution in [2.75, 3.05) is 33.0 Å². The number of carbonyl (C=O) groups is 3. The summed E-state index contributed by atoms with van der Waals surface area (Å²) in [6.45, 7) is 9.74. The molecular weight excluding hydrogens is 382 g/mol. The highest BCUT2D eigenvalue weighted by Crippen LogP contribution is 2.39. The van der Waals surface area contributed by atoms with Crippen LogP contribution in [0.25, 0.3) is 0 Å². The Bertz CT molecular complexity index is 659. The summed E-state index contributed by atoms with van der Waals surface area (Å²) in [5.74, 6) is -1.50. The van der Waals surface area contributed by atoms with Gasteiger partial charge in [-0.15, -0.1) is 0 Å². The lowest BCUT2D eigenvalue weighted by Gasteiger charge is -2.19. The molecule has 0 aliphatic carbocycles. The van der Waals surface area contributed by atoms with Crippen LogP contribution in [-0.4, -0.2) is 56.9 Å². The van der Waals surface area contributed by atoms with E-state index < -0.39 is 23.9 Å². The summed E-state index contributed by atoms with van der Waals surface area (Å²) < 4.78 is 26.5. The van der Waals surface area contributed by atoms with Gasteiger partial charge in [0, 0.05) is 5.56 Å².